The molecule has 26 heavy (non-hydrogen) atoms. The Labute approximate surface area is 157 Å². The van der Waals surface area contributed by atoms with Crippen molar-refractivity contribution in [1.29, 1.82) is 0 Å². The summed E-state index contributed by atoms with van der Waals surface area (Å²) in [5.41, 5.74) is 2.89. The molecular weight excluding hydrogens is 346 g/mol. The first-order valence-electron chi connectivity index (χ1n) is 8.33. The molecule has 0 radical (unpaired) electrons. The Bertz CT molecular complexity index is 876. The van der Waals surface area contributed by atoms with Gasteiger partial charge in [-0.3, -0.25) is 9.78 Å². The zero-order valence-corrected chi connectivity index (χ0v) is 15.8. The maximum Gasteiger partial charge on any atom is 0.226 e. The van der Waals surface area contributed by atoms with Gasteiger partial charge in [-0.05, 0) is 49.2 Å². The number of rotatable bonds is 6. The lowest BCUT2D eigenvalue weighted by molar-refractivity contribution is -0.120. The minimum atomic E-state index is -0.245. The number of hydrogen-bond acceptors (Lipinski definition) is 5. The SMILES string of the molecule is COc1ccc([C@H](NC(=O)Cc2sc(C)nc2C)c2ccncc2)cc1. The van der Waals surface area contributed by atoms with Gasteiger partial charge in [0.25, 0.3) is 0 Å². The quantitative estimate of drug-likeness (QED) is 0.723. The summed E-state index contributed by atoms with van der Waals surface area (Å²) < 4.78 is 5.23. The summed E-state index contributed by atoms with van der Waals surface area (Å²) in [7, 11) is 1.64. The average Bonchev–Trinajstić information content (AvgIpc) is 2.97. The molecule has 0 fully saturated rings. The van der Waals surface area contributed by atoms with Crippen LogP contribution in [-0.4, -0.2) is 23.0 Å². The molecule has 0 unspecified atom stereocenters. The van der Waals surface area contributed by atoms with Crippen LogP contribution in [0.2, 0.25) is 0 Å². The number of benzene rings is 1. The van der Waals surface area contributed by atoms with Gasteiger partial charge in [-0.25, -0.2) is 4.98 Å². The number of nitrogens with one attached hydrogen (secondary N) is 1. The Morgan fingerprint density at radius 1 is 1.12 bits per heavy atom. The number of pyridine rings is 1. The molecule has 1 aromatic carbocycles. The van der Waals surface area contributed by atoms with Gasteiger partial charge in [-0.2, -0.15) is 0 Å². The number of amides is 1. The number of nitrogens with zero attached hydrogens (tertiary/aromatic N) is 2. The van der Waals surface area contributed by atoms with Crippen molar-refractivity contribution >= 4 is 17.2 Å². The highest BCUT2D eigenvalue weighted by atomic mass is 32.1. The molecule has 0 saturated heterocycles. The molecule has 1 atom stereocenters. The second kappa shape index (κ2) is 8.10. The highest BCUT2D eigenvalue weighted by Crippen LogP contribution is 2.25. The summed E-state index contributed by atoms with van der Waals surface area (Å²) in [4.78, 5) is 22.2. The third-order valence-electron chi connectivity index (χ3n) is 4.11. The second-order valence-electron chi connectivity index (χ2n) is 5.97. The van der Waals surface area contributed by atoms with Gasteiger partial charge in [-0.1, -0.05) is 12.1 Å². The van der Waals surface area contributed by atoms with Gasteiger partial charge in [0.1, 0.15) is 5.75 Å². The zero-order valence-electron chi connectivity index (χ0n) is 15.0. The van der Waals surface area contributed by atoms with E-state index in [0.717, 1.165) is 32.5 Å². The van der Waals surface area contributed by atoms with Crippen molar-refractivity contribution in [1.82, 2.24) is 15.3 Å². The monoisotopic (exact) mass is 367 g/mol. The molecule has 0 aliphatic carbocycles. The highest BCUT2D eigenvalue weighted by molar-refractivity contribution is 7.11. The second-order valence-corrected chi connectivity index (χ2v) is 7.26. The first kappa shape index (κ1) is 18.1. The summed E-state index contributed by atoms with van der Waals surface area (Å²) in [6, 6.07) is 11.3. The minimum absolute atomic E-state index is 0.0330. The largest absolute Gasteiger partial charge is 0.497 e. The summed E-state index contributed by atoms with van der Waals surface area (Å²) in [5, 5.41) is 4.12. The zero-order chi connectivity index (χ0) is 18.5. The van der Waals surface area contributed by atoms with E-state index in [1.807, 2.05) is 50.2 Å². The van der Waals surface area contributed by atoms with Crippen LogP contribution < -0.4 is 10.1 Å². The summed E-state index contributed by atoms with van der Waals surface area (Å²) in [6.45, 7) is 3.89. The Balaban J connectivity index is 1.83. The Hall–Kier alpha value is -2.73. The topological polar surface area (TPSA) is 64.1 Å². The maximum absolute atomic E-state index is 12.7. The summed E-state index contributed by atoms with van der Waals surface area (Å²) in [6.07, 6.45) is 3.79. The van der Waals surface area contributed by atoms with Crippen molar-refractivity contribution in [2.75, 3.05) is 7.11 Å². The molecule has 3 rings (SSSR count). The maximum atomic E-state index is 12.7. The molecule has 0 saturated carbocycles. The van der Waals surface area contributed by atoms with Crippen molar-refractivity contribution in [2.24, 2.45) is 0 Å². The van der Waals surface area contributed by atoms with Crippen LogP contribution in [0.3, 0.4) is 0 Å². The average molecular weight is 367 g/mol. The Kier molecular flexibility index (Phi) is 5.63. The molecule has 1 N–H and O–H groups in total. The molecule has 0 aliphatic rings. The van der Waals surface area contributed by atoms with Crippen LogP contribution >= 0.6 is 11.3 Å². The van der Waals surface area contributed by atoms with E-state index < -0.39 is 0 Å². The Morgan fingerprint density at radius 3 is 2.35 bits per heavy atom. The lowest BCUT2D eigenvalue weighted by atomic mass is 9.99. The van der Waals surface area contributed by atoms with Crippen LogP contribution in [0.15, 0.2) is 48.8 Å². The van der Waals surface area contributed by atoms with Gasteiger partial charge in [0.05, 0.1) is 30.3 Å². The van der Waals surface area contributed by atoms with Gasteiger partial charge >= 0.3 is 0 Å². The Morgan fingerprint density at radius 2 is 1.77 bits per heavy atom. The van der Waals surface area contributed by atoms with E-state index >= 15 is 0 Å². The molecule has 6 heteroatoms. The fourth-order valence-electron chi connectivity index (χ4n) is 2.81. The van der Waals surface area contributed by atoms with Crippen LogP contribution in [0.1, 0.15) is 32.7 Å². The van der Waals surface area contributed by atoms with Crippen LogP contribution in [0.25, 0.3) is 0 Å². The number of thiazole rings is 1. The molecule has 5 nitrogen and oxygen atoms in total. The molecule has 1 amide bonds. The number of carbonyl (C=O) groups is 1. The molecular formula is C20H21N3O2S. The molecule has 0 aliphatic heterocycles. The number of aromatic nitrogens is 2. The van der Waals surface area contributed by atoms with Crippen molar-refractivity contribution in [3.8, 4) is 5.75 Å². The van der Waals surface area contributed by atoms with E-state index in [9.17, 15) is 4.79 Å². The predicted molar refractivity (Wildman–Crippen MR) is 103 cm³/mol. The molecule has 3 aromatic rings. The third-order valence-corrected chi connectivity index (χ3v) is 5.19. The van der Waals surface area contributed by atoms with E-state index in [1.54, 1.807) is 30.8 Å². The third kappa shape index (κ3) is 4.26. The summed E-state index contributed by atoms with van der Waals surface area (Å²) in [5.74, 6) is 0.749. The number of methoxy groups -OCH3 is 1. The van der Waals surface area contributed by atoms with Crippen LogP contribution in [0.5, 0.6) is 5.75 Å². The number of hydrogen-bond donors (Lipinski definition) is 1. The smallest absolute Gasteiger partial charge is 0.226 e. The molecule has 2 heterocycles. The van der Waals surface area contributed by atoms with Crippen molar-refractivity contribution in [2.45, 2.75) is 26.3 Å². The van der Waals surface area contributed by atoms with E-state index in [0.29, 0.717) is 6.42 Å². The van der Waals surface area contributed by atoms with Crippen molar-refractivity contribution in [3.63, 3.8) is 0 Å². The predicted octanol–water partition coefficient (Wildman–Crippen LogP) is 3.61. The molecule has 2 aromatic heterocycles. The number of aryl methyl sites for hydroxylation is 2. The normalized spacial score (nSPS) is 11.8. The van der Waals surface area contributed by atoms with Crippen molar-refractivity contribution in [3.05, 3.63) is 75.5 Å². The number of ether oxygens (including phenoxy) is 1. The fourth-order valence-corrected chi connectivity index (χ4v) is 3.74. The lowest BCUT2D eigenvalue weighted by Gasteiger charge is -2.20. The van der Waals surface area contributed by atoms with Gasteiger partial charge in [0.2, 0.25) is 5.91 Å². The first-order valence-corrected chi connectivity index (χ1v) is 9.14. The summed E-state index contributed by atoms with van der Waals surface area (Å²) >= 11 is 1.57. The standard InChI is InChI=1S/C20H21N3O2S/c1-13-18(26-14(2)22-13)12-19(24)23-20(16-8-10-21-11-9-16)15-4-6-17(25-3)7-5-15/h4-11,20H,12H2,1-3H3,(H,23,24)/t20-/m0/s1. The minimum Gasteiger partial charge on any atom is -0.497 e. The molecule has 134 valence electrons. The molecule has 0 bridgehead atoms. The van der Waals surface area contributed by atoms with Crippen LogP contribution in [-0.2, 0) is 11.2 Å². The van der Waals surface area contributed by atoms with Gasteiger partial charge in [0, 0.05) is 17.3 Å². The van der Waals surface area contributed by atoms with Gasteiger partial charge in [-0.15, -0.1) is 11.3 Å². The van der Waals surface area contributed by atoms with E-state index in [1.165, 1.54) is 0 Å². The van der Waals surface area contributed by atoms with E-state index in [2.05, 4.69) is 15.3 Å². The fraction of sp³-hybridized carbons (Fsp3) is 0.250. The lowest BCUT2D eigenvalue weighted by Crippen LogP contribution is -2.30. The van der Waals surface area contributed by atoms with Crippen LogP contribution in [0.4, 0.5) is 0 Å². The number of carbonyl (C=O) groups excluding carboxylic acids is 1. The van der Waals surface area contributed by atoms with Gasteiger partial charge in [0.15, 0.2) is 0 Å². The van der Waals surface area contributed by atoms with E-state index in [4.69, 9.17) is 4.74 Å². The van der Waals surface area contributed by atoms with E-state index in [-0.39, 0.29) is 11.9 Å². The first-order chi connectivity index (χ1) is 12.6. The van der Waals surface area contributed by atoms with Crippen LogP contribution in [0, 0.1) is 13.8 Å². The molecule has 0 spiro atoms. The highest BCUT2D eigenvalue weighted by Gasteiger charge is 2.18. The van der Waals surface area contributed by atoms with Gasteiger partial charge < -0.3 is 10.1 Å². The van der Waals surface area contributed by atoms with Crippen molar-refractivity contribution < 1.29 is 9.53 Å².